The van der Waals surface area contributed by atoms with Gasteiger partial charge in [-0.25, -0.2) is 0 Å². The summed E-state index contributed by atoms with van der Waals surface area (Å²) in [5, 5.41) is 12.6. The van der Waals surface area contributed by atoms with Gasteiger partial charge in [0.15, 0.2) is 0 Å². The average Bonchev–Trinajstić information content (AvgIpc) is 2.48. The predicted octanol–water partition coefficient (Wildman–Crippen LogP) is 2.52. The lowest BCUT2D eigenvalue weighted by molar-refractivity contribution is 0.0601. The molecule has 2 saturated heterocycles. The van der Waals surface area contributed by atoms with Gasteiger partial charge in [-0.1, -0.05) is 12.1 Å². The van der Waals surface area contributed by atoms with Crippen LogP contribution < -0.4 is 5.32 Å². The zero-order valence-corrected chi connectivity index (χ0v) is 12.1. The van der Waals surface area contributed by atoms with E-state index in [1.165, 1.54) is 57.4 Å². The molecule has 2 aliphatic heterocycles. The maximum Gasteiger partial charge on any atom is 0.0991 e. The molecule has 0 radical (unpaired) electrons. The SMILES string of the molecule is N#Cc1cccc(CN2CCCC3(CCCNC3)C2)c1. The minimum atomic E-state index is 0.503. The Morgan fingerprint density at radius 1 is 1.30 bits per heavy atom. The zero-order chi connectivity index (χ0) is 13.8. The van der Waals surface area contributed by atoms with Gasteiger partial charge in [-0.15, -0.1) is 0 Å². The molecule has 20 heavy (non-hydrogen) atoms. The molecule has 3 heteroatoms. The highest BCUT2D eigenvalue weighted by Crippen LogP contribution is 2.36. The fourth-order valence-corrected chi connectivity index (χ4v) is 3.82. The smallest absolute Gasteiger partial charge is 0.0991 e. The Kier molecular flexibility index (Phi) is 4.05. The van der Waals surface area contributed by atoms with Crippen molar-refractivity contribution < 1.29 is 0 Å². The van der Waals surface area contributed by atoms with E-state index < -0.39 is 0 Å². The Labute approximate surface area is 121 Å². The third-order valence-corrected chi connectivity index (χ3v) is 4.76. The first-order valence-electron chi connectivity index (χ1n) is 7.72. The molecule has 3 nitrogen and oxygen atoms in total. The average molecular weight is 269 g/mol. The van der Waals surface area contributed by atoms with Crippen LogP contribution in [0.1, 0.15) is 36.8 Å². The summed E-state index contributed by atoms with van der Waals surface area (Å²) in [7, 11) is 0. The number of rotatable bonds is 2. The van der Waals surface area contributed by atoms with Crippen LogP contribution in [0.2, 0.25) is 0 Å². The molecule has 0 aromatic heterocycles. The van der Waals surface area contributed by atoms with E-state index in [0.717, 1.165) is 12.1 Å². The van der Waals surface area contributed by atoms with Crippen LogP contribution in [0.5, 0.6) is 0 Å². The van der Waals surface area contributed by atoms with E-state index in [1.807, 2.05) is 18.2 Å². The third kappa shape index (κ3) is 3.03. The van der Waals surface area contributed by atoms with Crippen molar-refractivity contribution in [2.75, 3.05) is 26.2 Å². The van der Waals surface area contributed by atoms with Crippen LogP contribution in [0.4, 0.5) is 0 Å². The van der Waals surface area contributed by atoms with Gasteiger partial charge in [-0.3, -0.25) is 4.90 Å². The summed E-state index contributed by atoms with van der Waals surface area (Å²) in [5.74, 6) is 0. The molecule has 1 unspecified atom stereocenters. The van der Waals surface area contributed by atoms with Crippen molar-refractivity contribution in [3.8, 4) is 6.07 Å². The van der Waals surface area contributed by atoms with Crippen molar-refractivity contribution in [1.82, 2.24) is 10.2 Å². The van der Waals surface area contributed by atoms with Crippen LogP contribution in [-0.4, -0.2) is 31.1 Å². The Hall–Kier alpha value is -1.37. The van der Waals surface area contributed by atoms with Crippen LogP contribution in [0.25, 0.3) is 0 Å². The molecular formula is C17H23N3. The number of piperidine rings is 2. The topological polar surface area (TPSA) is 39.1 Å². The lowest BCUT2D eigenvalue weighted by Gasteiger charge is -2.45. The Morgan fingerprint density at radius 3 is 3.00 bits per heavy atom. The highest BCUT2D eigenvalue weighted by atomic mass is 15.1. The van der Waals surface area contributed by atoms with Crippen LogP contribution >= 0.6 is 0 Å². The molecule has 1 atom stereocenters. The van der Waals surface area contributed by atoms with E-state index in [-0.39, 0.29) is 0 Å². The number of hydrogen-bond donors (Lipinski definition) is 1. The van der Waals surface area contributed by atoms with E-state index in [4.69, 9.17) is 5.26 Å². The highest BCUT2D eigenvalue weighted by Gasteiger charge is 2.36. The number of hydrogen-bond acceptors (Lipinski definition) is 3. The van der Waals surface area contributed by atoms with Crippen molar-refractivity contribution >= 4 is 0 Å². The van der Waals surface area contributed by atoms with E-state index >= 15 is 0 Å². The number of likely N-dealkylation sites (tertiary alicyclic amines) is 1. The summed E-state index contributed by atoms with van der Waals surface area (Å²) in [6, 6.07) is 10.3. The molecule has 106 valence electrons. The summed E-state index contributed by atoms with van der Waals surface area (Å²) in [6.07, 6.45) is 5.36. The van der Waals surface area contributed by atoms with Crippen molar-refractivity contribution in [2.45, 2.75) is 32.2 Å². The number of benzene rings is 1. The Morgan fingerprint density at radius 2 is 2.20 bits per heavy atom. The first kappa shape index (κ1) is 13.6. The van der Waals surface area contributed by atoms with Crippen molar-refractivity contribution in [2.24, 2.45) is 5.41 Å². The van der Waals surface area contributed by atoms with Crippen molar-refractivity contribution in [3.05, 3.63) is 35.4 Å². The molecule has 1 N–H and O–H groups in total. The molecule has 3 rings (SSSR count). The van der Waals surface area contributed by atoms with Gasteiger partial charge in [-0.2, -0.15) is 5.26 Å². The minimum absolute atomic E-state index is 0.503. The van der Waals surface area contributed by atoms with Gasteiger partial charge in [0.2, 0.25) is 0 Å². The van der Waals surface area contributed by atoms with E-state index in [0.29, 0.717) is 5.41 Å². The third-order valence-electron chi connectivity index (χ3n) is 4.76. The fourth-order valence-electron chi connectivity index (χ4n) is 3.82. The molecular weight excluding hydrogens is 246 g/mol. The molecule has 2 heterocycles. The van der Waals surface area contributed by atoms with Gasteiger partial charge < -0.3 is 5.32 Å². The van der Waals surface area contributed by atoms with E-state index in [1.54, 1.807) is 0 Å². The lowest BCUT2D eigenvalue weighted by Crippen LogP contribution is -2.50. The second-order valence-corrected chi connectivity index (χ2v) is 6.41. The van der Waals surface area contributed by atoms with Crippen LogP contribution in [-0.2, 0) is 6.54 Å². The standard InChI is InChI=1S/C17H23N3/c18-11-15-4-1-5-16(10-15)12-20-9-3-7-17(14-20)6-2-8-19-13-17/h1,4-5,10,19H,2-3,6-9,12-14H2. The largest absolute Gasteiger partial charge is 0.316 e. The van der Waals surface area contributed by atoms with Crippen molar-refractivity contribution in [3.63, 3.8) is 0 Å². The summed E-state index contributed by atoms with van der Waals surface area (Å²) in [4.78, 5) is 2.58. The maximum absolute atomic E-state index is 8.99. The number of nitrogens with zero attached hydrogens (tertiary/aromatic N) is 2. The summed E-state index contributed by atoms with van der Waals surface area (Å²) in [5.41, 5.74) is 2.54. The van der Waals surface area contributed by atoms with E-state index in [9.17, 15) is 0 Å². The lowest BCUT2D eigenvalue weighted by atomic mass is 9.74. The molecule has 0 bridgehead atoms. The molecule has 2 aliphatic rings. The normalized spacial score (nSPS) is 27.4. The Bertz CT molecular complexity index is 492. The van der Waals surface area contributed by atoms with Crippen LogP contribution in [0, 0.1) is 16.7 Å². The van der Waals surface area contributed by atoms with Gasteiger partial charge in [0.05, 0.1) is 11.6 Å². The zero-order valence-electron chi connectivity index (χ0n) is 12.1. The molecule has 0 aliphatic carbocycles. The molecule has 0 saturated carbocycles. The van der Waals surface area contributed by atoms with E-state index in [2.05, 4.69) is 22.4 Å². The quantitative estimate of drug-likeness (QED) is 0.896. The Balaban J connectivity index is 1.66. The van der Waals surface area contributed by atoms with Gasteiger partial charge in [0, 0.05) is 19.6 Å². The molecule has 1 aromatic carbocycles. The van der Waals surface area contributed by atoms with Gasteiger partial charge in [0.25, 0.3) is 0 Å². The molecule has 1 spiro atoms. The first-order chi connectivity index (χ1) is 9.80. The summed E-state index contributed by atoms with van der Waals surface area (Å²) >= 11 is 0. The van der Waals surface area contributed by atoms with Gasteiger partial charge >= 0.3 is 0 Å². The molecule has 2 fully saturated rings. The number of nitriles is 1. The predicted molar refractivity (Wildman–Crippen MR) is 80.2 cm³/mol. The monoisotopic (exact) mass is 269 g/mol. The minimum Gasteiger partial charge on any atom is -0.316 e. The maximum atomic E-state index is 8.99. The van der Waals surface area contributed by atoms with Gasteiger partial charge in [-0.05, 0) is 61.9 Å². The number of nitrogens with one attached hydrogen (secondary N) is 1. The summed E-state index contributed by atoms with van der Waals surface area (Å²) < 4.78 is 0. The van der Waals surface area contributed by atoms with Crippen LogP contribution in [0.15, 0.2) is 24.3 Å². The fraction of sp³-hybridized carbons (Fsp3) is 0.588. The molecule has 0 amide bonds. The van der Waals surface area contributed by atoms with Gasteiger partial charge in [0.1, 0.15) is 0 Å². The highest BCUT2D eigenvalue weighted by molar-refractivity contribution is 5.32. The molecule has 1 aromatic rings. The first-order valence-corrected chi connectivity index (χ1v) is 7.72. The summed E-state index contributed by atoms with van der Waals surface area (Å²) in [6.45, 7) is 5.75. The van der Waals surface area contributed by atoms with Crippen LogP contribution in [0.3, 0.4) is 0 Å². The second-order valence-electron chi connectivity index (χ2n) is 6.41. The second kappa shape index (κ2) is 5.95. The van der Waals surface area contributed by atoms with Crippen molar-refractivity contribution in [1.29, 1.82) is 5.26 Å².